The molecule has 8 heavy (non-hydrogen) atoms. The molecule has 0 aliphatic carbocycles. The fourth-order valence-corrected chi connectivity index (χ4v) is 14.7. The monoisotopic (exact) mass is 326 g/mol. The Morgan fingerprint density at radius 2 is 1.62 bits per heavy atom. The van der Waals surface area contributed by atoms with Gasteiger partial charge in [-0.3, -0.25) is 0 Å². The quantitative estimate of drug-likeness (QED) is 0.617. The molecule has 0 bridgehead atoms. The second kappa shape index (κ2) is 3.29. The zero-order chi connectivity index (χ0) is 6.04. The summed E-state index contributed by atoms with van der Waals surface area (Å²) in [4.78, 5) is 0. The van der Waals surface area contributed by atoms with Crippen LogP contribution in [0.5, 0.6) is 0 Å². The fourth-order valence-electron chi connectivity index (χ4n) is 0.566. The number of rotatable bonds is 0. The van der Waals surface area contributed by atoms with Crippen molar-refractivity contribution in [2.24, 2.45) is 0 Å². The van der Waals surface area contributed by atoms with Gasteiger partial charge < -0.3 is 0 Å². The van der Waals surface area contributed by atoms with Gasteiger partial charge in [0.1, 0.15) is 0 Å². The van der Waals surface area contributed by atoms with Gasteiger partial charge in [0.2, 0.25) is 0 Å². The summed E-state index contributed by atoms with van der Waals surface area (Å²) in [6.07, 6.45) is 0. The predicted octanol–water partition coefficient (Wildman–Crippen LogP) is 2.97. The van der Waals surface area contributed by atoms with E-state index >= 15 is 0 Å². The third-order valence-electron chi connectivity index (χ3n) is 1.05. The fraction of sp³-hybridized carbons (Fsp3) is 1.00. The van der Waals surface area contributed by atoms with Gasteiger partial charge in [0.25, 0.3) is 0 Å². The molecule has 0 spiro atoms. The van der Waals surface area contributed by atoms with Crippen LogP contribution in [0.1, 0.15) is 0 Å². The summed E-state index contributed by atoms with van der Waals surface area (Å²) in [6.45, 7) is 0. The molecule has 0 saturated carbocycles. The molecule has 0 aromatic carbocycles. The van der Waals surface area contributed by atoms with Crippen LogP contribution in [0, 0.1) is 0 Å². The molecule has 0 radical (unpaired) electrons. The maximum atomic E-state index is 3.75. The molecule has 0 aromatic heterocycles. The standard InChI is InChI=1S/C4H8Br2SSe/c5-8(6)3-1-7-2-4-8/h1-4H2. The van der Waals surface area contributed by atoms with Crippen LogP contribution in [0.25, 0.3) is 0 Å². The van der Waals surface area contributed by atoms with E-state index in [4.69, 9.17) is 0 Å². The minimum absolute atomic E-state index is 1.14. The van der Waals surface area contributed by atoms with Crippen molar-refractivity contribution in [2.45, 2.75) is 10.6 Å². The van der Waals surface area contributed by atoms with Crippen molar-refractivity contribution < 1.29 is 0 Å². The maximum absolute atomic E-state index is 3.75. The molecule has 50 valence electrons. The molecule has 1 aliphatic rings. The van der Waals surface area contributed by atoms with Gasteiger partial charge in [-0.1, -0.05) is 0 Å². The van der Waals surface area contributed by atoms with Gasteiger partial charge in [0.05, 0.1) is 0 Å². The number of hydrogen-bond donors (Lipinski definition) is 0. The molecular formula is C4H8Br2SSe. The van der Waals surface area contributed by atoms with E-state index in [2.05, 4.69) is 40.0 Å². The van der Waals surface area contributed by atoms with Crippen LogP contribution in [-0.2, 0) is 0 Å². The van der Waals surface area contributed by atoms with Gasteiger partial charge in [-0.25, -0.2) is 0 Å². The van der Waals surface area contributed by atoms with Crippen LogP contribution in [0.15, 0.2) is 0 Å². The number of hydrogen-bond acceptors (Lipinski definition) is 1. The Kier molecular flexibility index (Phi) is 3.26. The molecule has 1 heterocycles. The zero-order valence-corrected chi connectivity index (χ0v) is 10.1. The Morgan fingerprint density at radius 1 is 1.12 bits per heavy atom. The average Bonchev–Trinajstić information content (AvgIpc) is 1.65. The van der Waals surface area contributed by atoms with Gasteiger partial charge in [0, 0.05) is 0 Å². The molecule has 1 rings (SSSR count). The summed E-state index contributed by atoms with van der Waals surface area (Å²) in [6, 6.07) is 0. The Balaban J connectivity index is 2.33. The third-order valence-corrected chi connectivity index (χ3v) is 13.3. The molecule has 0 unspecified atom stereocenters. The van der Waals surface area contributed by atoms with E-state index in [9.17, 15) is 0 Å². The van der Waals surface area contributed by atoms with Gasteiger partial charge >= 0.3 is 71.4 Å². The Morgan fingerprint density at radius 3 is 1.88 bits per heavy atom. The first-order valence-corrected chi connectivity index (χ1v) is 14.1. The van der Waals surface area contributed by atoms with Crippen molar-refractivity contribution in [2.75, 3.05) is 11.5 Å². The molecular weight excluding hydrogens is 319 g/mol. The molecule has 1 saturated heterocycles. The van der Waals surface area contributed by atoms with Crippen molar-refractivity contribution in [1.82, 2.24) is 0 Å². The number of thioether (sulfide) groups is 1. The topological polar surface area (TPSA) is 0 Å². The molecule has 4 heteroatoms. The van der Waals surface area contributed by atoms with Crippen molar-refractivity contribution in [3.05, 3.63) is 0 Å². The summed E-state index contributed by atoms with van der Waals surface area (Å²) in [5, 5.41) is 2.81. The van der Waals surface area contributed by atoms with Gasteiger partial charge in [-0.2, -0.15) is 0 Å². The summed E-state index contributed by atoms with van der Waals surface area (Å²) in [5.74, 6) is 2.72. The van der Waals surface area contributed by atoms with Gasteiger partial charge in [-0.05, 0) is 0 Å². The van der Waals surface area contributed by atoms with Crippen LogP contribution in [-0.4, -0.2) is 20.7 Å². The van der Waals surface area contributed by atoms with E-state index in [-0.39, 0.29) is 0 Å². The van der Waals surface area contributed by atoms with Crippen LogP contribution < -0.4 is 0 Å². The SMILES string of the molecule is Br[Se]1(Br)CCSCC1. The minimum atomic E-state index is -1.14. The molecule has 0 nitrogen and oxygen atoms in total. The van der Waals surface area contributed by atoms with Crippen LogP contribution >= 0.6 is 40.0 Å². The van der Waals surface area contributed by atoms with Crippen LogP contribution in [0.4, 0.5) is 0 Å². The van der Waals surface area contributed by atoms with Gasteiger partial charge in [0.15, 0.2) is 0 Å². The summed E-state index contributed by atoms with van der Waals surface area (Å²) in [7, 11) is -1.14. The van der Waals surface area contributed by atoms with Crippen molar-refractivity contribution >= 4 is 49.2 Å². The van der Waals surface area contributed by atoms with Crippen LogP contribution in [0.3, 0.4) is 0 Å². The van der Waals surface area contributed by atoms with E-state index in [0.717, 1.165) is 0 Å². The van der Waals surface area contributed by atoms with Crippen molar-refractivity contribution in [1.29, 1.82) is 0 Å². The first kappa shape index (κ1) is 7.93. The van der Waals surface area contributed by atoms with E-state index < -0.39 is 9.23 Å². The molecule has 0 amide bonds. The third kappa shape index (κ3) is 2.61. The summed E-state index contributed by atoms with van der Waals surface area (Å²) >= 11 is 9.58. The first-order valence-electron chi connectivity index (χ1n) is 2.46. The molecule has 1 fully saturated rings. The van der Waals surface area contributed by atoms with E-state index in [1.165, 1.54) is 22.1 Å². The molecule has 1 aliphatic heterocycles. The summed E-state index contributed by atoms with van der Waals surface area (Å²) < 4.78 is 0. The van der Waals surface area contributed by atoms with E-state index in [1.54, 1.807) is 0 Å². The van der Waals surface area contributed by atoms with Crippen molar-refractivity contribution in [3.63, 3.8) is 0 Å². The normalized spacial score (nSPS) is 31.8. The Labute approximate surface area is 70.8 Å². The second-order valence-electron chi connectivity index (χ2n) is 1.72. The number of halogens is 2. The summed E-state index contributed by atoms with van der Waals surface area (Å²) in [5.41, 5.74) is 0. The van der Waals surface area contributed by atoms with Crippen LogP contribution in [0.2, 0.25) is 10.6 Å². The first-order chi connectivity index (χ1) is 3.71. The Hall–Kier alpha value is 1.83. The molecule has 0 N–H and O–H groups in total. The van der Waals surface area contributed by atoms with Crippen molar-refractivity contribution in [3.8, 4) is 0 Å². The second-order valence-corrected chi connectivity index (χ2v) is 25.0. The Bertz CT molecular complexity index is 78.1. The van der Waals surface area contributed by atoms with E-state index in [1.807, 2.05) is 0 Å². The molecule has 0 aromatic rings. The van der Waals surface area contributed by atoms with E-state index in [0.29, 0.717) is 0 Å². The predicted molar refractivity (Wildman–Crippen MR) is 50.5 cm³/mol. The average molecular weight is 327 g/mol. The molecule has 0 atom stereocenters. The zero-order valence-electron chi connectivity index (χ0n) is 4.40. The van der Waals surface area contributed by atoms with Gasteiger partial charge in [-0.15, -0.1) is 0 Å².